The van der Waals surface area contributed by atoms with Gasteiger partial charge in [-0.25, -0.2) is 4.39 Å². The topological polar surface area (TPSA) is 67.2 Å². The lowest BCUT2D eigenvalue weighted by molar-refractivity contribution is 0.0956. The van der Waals surface area contributed by atoms with Crippen molar-refractivity contribution in [3.8, 4) is 0 Å². The van der Waals surface area contributed by atoms with E-state index < -0.39 is 5.82 Å². The van der Waals surface area contributed by atoms with Gasteiger partial charge in [0.2, 0.25) is 0 Å². The second-order valence-electron chi connectivity index (χ2n) is 4.42. The average molecular weight is 308 g/mol. The summed E-state index contributed by atoms with van der Waals surface area (Å²) in [6, 6.07) is 9.22. The van der Waals surface area contributed by atoms with Crippen LogP contribution in [-0.2, 0) is 0 Å². The van der Waals surface area contributed by atoms with Crippen LogP contribution in [0, 0.1) is 5.82 Å². The van der Waals surface area contributed by atoms with Crippen molar-refractivity contribution >= 4 is 34.6 Å². The van der Waals surface area contributed by atoms with Crippen LogP contribution in [0.1, 0.15) is 17.3 Å². The van der Waals surface area contributed by atoms with Crippen molar-refractivity contribution in [1.82, 2.24) is 5.32 Å². The average Bonchev–Trinajstić information content (AvgIpc) is 2.45. The van der Waals surface area contributed by atoms with E-state index in [1.54, 1.807) is 24.3 Å². The minimum absolute atomic E-state index is 0.0459. The smallest absolute Gasteiger partial charge is 0.251 e. The number of nitrogens with one attached hydrogen (secondary N) is 2. The number of nitrogen functional groups attached to an aromatic ring is 1. The number of benzene rings is 2. The van der Waals surface area contributed by atoms with E-state index in [1.165, 1.54) is 12.1 Å². The van der Waals surface area contributed by atoms with Crippen LogP contribution >= 0.6 is 11.6 Å². The summed E-state index contributed by atoms with van der Waals surface area (Å²) in [5.74, 6) is -0.719. The van der Waals surface area contributed by atoms with Gasteiger partial charge in [0.1, 0.15) is 5.82 Å². The molecule has 0 radical (unpaired) electrons. The maximum Gasteiger partial charge on any atom is 0.251 e. The summed E-state index contributed by atoms with van der Waals surface area (Å²) in [5.41, 5.74) is 7.82. The molecule has 110 valence electrons. The molecule has 0 aromatic heterocycles. The molecule has 0 aliphatic heterocycles. The molecule has 0 aliphatic rings. The van der Waals surface area contributed by atoms with Gasteiger partial charge >= 0.3 is 0 Å². The van der Waals surface area contributed by atoms with Crippen molar-refractivity contribution in [2.24, 2.45) is 0 Å². The first-order chi connectivity index (χ1) is 10.0. The third kappa shape index (κ3) is 3.64. The molecule has 0 bridgehead atoms. The summed E-state index contributed by atoms with van der Waals surface area (Å²) in [5, 5.41) is 5.72. The zero-order valence-electron chi connectivity index (χ0n) is 11.4. The highest BCUT2D eigenvalue weighted by Crippen LogP contribution is 2.26. The predicted molar refractivity (Wildman–Crippen MR) is 83.6 cm³/mol. The molecular weight excluding hydrogens is 293 g/mol. The van der Waals surface area contributed by atoms with Gasteiger partial charge in [0.05, 0.1) is 16.4 Å². The largest absolute Gasteiger partial charge is 0.397 e. The summed E-state index contributed by atoms with van der Waals surface area (Å²) < 4.78 is 13.4. The fourth-order valence-electron chi connectivity index (χ4n) is 1.80. The van der Waals surface area contributed by atoms with Gasteiger partial charge in [-0.1, -0.05) is 11.6 Å². The van der Waals surface area contributed by atoms with E-state index in [0.29, 0.717) is 29.2 Å². The number of amides is 1. The number of anilines is 3. The molecule has 0 spiro atoms. The lowest BCUT2D eigenvalue weighted by Crippen LogP contribution is -2.22. The number of carbonyl (C=O) groups excluding carboxylic acids is 1. The molecule has 2 aromatic carbocycles. The lowest BCUT2D eigenvalue weighted by Gasteiger charge is -2.11. The number of nitrogens with two attached hydrogens (primary N) is 1. The maximum absolute atomic E-state index is 13.4. The normalized spacial score (nSPS) is 10.2. The van der Waals surface area contributed by atoms with E-state index in [9.17, 15) is 9.18 Å². The molecule has 0 saturated carbocycles. The number of halogens is 2. The Morgan fingerprint density at radius 3 is 2.71 bits per heavy atom. The molecule has 21 heavy (non-hydrogen) atoms. The molecule has 4 N–H and O–H groups in total. The number of carbonyl (C=O) groups is 1. The van der Waals surface area contributed by atoms with Gasteiger partial charge < -0.3 is 16.4 Å². The minimum atomic E-state index is -0.528. The molecule has 0 aliphatic carbocycles. The third-order valence-corrected chi connectivity index (χ3v) is 3.16. The maximum atomic E-state index is 13.4. The highest BCUT2D eigenvalue weighted by Gasteiger charge is 2.09. The van der Waals surface area contributed by atoms with Crippen molar-refractivity contribution in [3.63, 3.8) is 0 Å². The standard InChI is InChI=1S/C15H15ClFN3O/c1-2-19-15(21)9-3-6-13(18)14(7-9)20-10-4-5-11(16)12(17)8-10/h3-8,20H,2,18H2,1H3,(H,19,21). The van der Waals surface area contributed by atoms with Crippen molar-refractivity contribution < 1.29 is 9.18 Å². The van der Waals surface area contributed by atoms with Gasteiger partial charge in [-0.3, -0.25) is 4.79 Å². The van der Waals surface area contributed by atoms with Crippen LogP contribution < -0.4 is 16.4 Å². The van der Waals surface area contributed by atoms with Crippen molar-refractivity contribution in [2.75, 3.05) is 17.6 Å². The molecule has 0 heterocycles. The Morgan fingerprint density at radius 1 is 1.29 bits per heavy atom. The van der Waals surface area contributed by atoms with Crippen LogP contribution in [0.4, 0.5) is 21.5 Å². The van der Waals surface area contributed by atoms with Gasteiger partial charge in [-0.2, -0.15) is 0 Å². The van der Waals surface area contributed by atoms with Gasteiger partial charge in [0.25, 0.3) is 5.91 Å². The van der Waals surface area contributed by atoms with Crippen molar-refractivity contribution in [3.05, 3.63) is 52.8 Å². The Morgan fingerprint density at radius 2 is 2.05 bits per heavy atom. The molecule has 2 rings (SSSR count). The first-order valence-electron chi connectivity index (χ1n) is 6.41. The summed E-state index contributed by atoms with van der Waals surface area (Å²) in [7, 11) is 0. The zero-order chi connectivity index (χ0) is 15.4. The molecule has 1 amide bonds. The summed E-state index contributed by atoms with van der Waals surface area (Å²) in [6.45, 7) is 2.37. The minimum Gasteiger partial charge on any atom is -0.397 e. The van der Waals surface area contributed by atoms with E-state index in [-0.39, 0.29) is 10.9 Å². The monoisotopic (exact) mass is 307 g/mol. The lowest BCUT2D eigenvalue weighted by atomic mass is 10.1. The molecule has 4 nitrogen and oxygen atoms in total. The fourth-order valence-corrected chi connectivity index (χ4v) is 1.92. The van der Waals surface area contributed by atoms with E-state index in [1.807, 2.05) is 6.92 Å². The first-order valence-corrected chi connectivity index (χ1v) is 6.79. The molecule has 6 heteroatoms. The third-order valence-electron chi connectivity index (χ3n) is 2.85. The Bertz CT molecular complexity index is 676. The van der Waals surface area contributed by atoms with Gasteiger partial charge in [-0.05, 0) is 43.3 Å². The SMILES string of the molecule is CCNC(=O)c1ccc(N)c(Nc2ccc(Cl)c(F)c2)c1. The van der Waals surface area contributed by atoms with E-state index >= 15 is 0 Å². The Hall–Kier alpha value is -2.27. The molecular formula is C15H15ClFN3O. The Balaban J connectivity index is 2.28. The van der Waals surface area contributed by atoms with Gasteiger partial charge in [0, 0.05) is 17.8 Å². The highest BCUT2D eigenvalue weighted by molar-refractivity contribution is 6.30. The predicted octanol–water partition coefficient (Wildman–Crippen LogP) is 3.55. The zero-order valence-corrected chi connectivity index (χ0v) is 12.2. The van der Waals surface area contributed by atoms with Crippen LogP contribution in [0.25, 0.3) is 0 Å². The quantitative estimate of drug-likeness (QED) is 0.757. The van der Waals surface area contributed by atoms with Crippen LogP contribution in [0.2, 0.25) is 5.02 Å². The molecule has 0 atom stereocenters. The first kappa shape index (κ1) is 15.1. The van der Waals surface area contributed by atoms with E-state index in [4.69, 9.17) is 17.3 Å². The summed E-state index contributed by atoms with van der Waals surface area (Å²) in [4.78, 5) is 11.8. The van der Waals surface area contributed by atoms with Crippen LogP contribution in [0.5, 0.6) is 0 Å². The fraction of sp³-hybridized carbons (Fsp3) is 0.133. The Labute approximate surface area is 127 Å². The second-order valence-corrected chi connectivity index (χ2v) is 4.82. The van der Waals surface area contributed by atoms with Crippen LogP contribution in [0.3, 0.4) is 0 Å². The Kier molecular flexibility index (Phi) is 4.65. The van der Waals surface area contributed by atoms with Gasteiger partial charge in [0.15, 0.2) is 0 Å². The molecule has 0 unspecified atom stereocenters. The van der Waals surface area contributed by atoms with Gasteiger partial charge in [-0.15, -0.1) is 0 Å². The molecule has 0 saturated heterocycles. The molecule has 2 aromatic rings. The molecule has 0 fully saturated rings. The summed E-state index contributed by atoms with van der Waals surface area (Å²) in [6.07, 6.45) is 0. The van der Waals surface area contributed by atoms with Crippen LogP contribution in [-0.4, -0.2) is 12.5 Å². The van der Waals surface area contributed by atoms with Crippen molar-refractivity contribution in [2.45, 2.75) is 6.92 Å². The highest BCUT2D eigenvalue weighted by atomic mass is 35.5. The number of hydrogen-bond donors (Lipinski definition) is 3. The number of rotatable bonds is 4. The van der Waals surface area contributed by atoms with Crippen molar-refractivity contribution in [1.29, 1.82) is 0 Å². The van der Waals surface area contributed by atoms with E-state index in [0.717, 1.165) is 0 Å². The second kappa shape index (κ2) is 6.45. The summed E-state index contributed by atoms with van der Waals surface area (Å²) >= 11 is 5.64. The van der Waals surface area contributed by atoms with E-state index in [2.05, 4.69) is 10.6 Å². The van der Waals surface area contributed by atoms with Crippen LogP contribution in [0.15, 0.2) is 36.4 Å². The number of hydrogen-bond acceptors (Lipinski definition) is 3.